The molecule has 0 aromatic carbocycles. The number of likely N-dealkylation sites (tertiary alicyclic amines) is 1. The quantitative estimate of drug-likeness (QED) is 0.785. The molecular weight excluding hydrogens is 284 g/mol. The summed E-state index contributed by atoms with van der Waals surface area (Å²) >= 11 is 0. The smallest absolute Gasteiger partial charge is 0.222 e. The highest BCUT2D eigenvalue weighted by Gasteiger charge is 2.17. The minimum atomic E-state index is -0.0556. The molecule has 0 aliphatic carbocycles. The van der Waals surface area contributed by atoms with Crippen LogP contribution in [-0.2, 0) is 27.5 Å². The van der Waals surface area contributed by atoms with Gasteiger partial charge in [-0.2, -0.15) is 5.10 Å². The molecule has 1 saturated heterocycles. The highest BCUT2D eigenvalue weighted by molar-refractivity contribution is 5.79. The monoisotopic (exact) mass is 308 g/mol. The third-order valence-corrected chi connectivity index (χ3v) is 3.73. The number of rotatable bonds is 7. The molecule has 7 nitrogen and oxygen atoms in total. The number of carbonyl (C=O) groups is 2. The summed E-state index contributed by atoms with van der Waals surface area (Å²) in [6.45, 7) is 2.13. The van der Waals surface area contributed by atoms with E-state index in [1.165, 1.54) is 0 Å². The van der Waals surface area contributed by atoms with Crippen molar-refractivity contribution in [3.8, 4) is 0 Å². The molecule has 0 unspecified atom stereocenters. The van der Waals surface area contributed by atoms with Crippen LogP contribution in [0.5, 0.6) is 0 Å². The predicted octanol–water partition coefficient (Wildman–Crippen LogP) is 0.965. The summed E-state index contributed by atoms with van der Waals surface area (Å²) in [5.41, 5.74) is 1.65. The van der Waals surface area contributed by atoms with Crippen molar-refractivity contribution in [2.75, 3.05) is 20.2 Å². The second-order valence-corrected chi connectivity index (χ2v) is 5.54. The van der Waals surface area contributed by atoms with Gasteiger partial charge >= 0.3 is 0 Å². The fraction of sp³-hybridized carbons (Fsp3) is 0.667. The van der Waals surface area contributed by atoms with E-state index >= 15 is 0 Å². The number of nitrogens with one attached hydrogen (secondary N) is 2. The van der Waals surface area contributed by atoms with E-state index < -0.39 is 0 Å². The zero-order valence-corrected chi connectivity index (χ0v) is 13.1. The molecule has 0 atom stereocenters. The van der Waals surface area contributed by atoms with Crippen molar-refractivity contribution in [3.63, 3.8) is 0 Å². The Labute approximate surface area is 130 Å². The van der Waals surface area contributed by atoms with Gasteiger partial charge < -0.3 is 15.0 Å². The molecule has 2 amide bonds. The van der Waals surface area contributed by atoms with E-state index in [1.807, 2.05) is 6.07 Å². The first-order valence-electron chi connectivity index (χ1n) is 7.75. The third kappa shape index (κ3) is 5.14. The first-order valence-corrected chi connectivity index (χ1v) is 7.75. The summed E-state index contributed by atoms with van der Waals surface area (Å²) in [6, 6.07) is 1.86. The Morgan fingerprint density at radius 3 is 3.14 bits per heavy atom. The molecule has 2 heterocycles. The van der Waals surface area contributed by atoms with Gasteiger partial charge in [-0.05, 0) is 18.9 Å². The molecule has 1 aromatic rings. The fourth-order valence-corrected chi connectivity index (χ4v) is 2.52. The van der Waals surface area contributed by atoms with Gasteiger partial charge in [0.1, 0.15) is 0 Å². The van der Waals surface area contributed by atoms with Crippen LogP contribution in [0, 0.1) is 0 Å². The van der Waals surface area contributed by atoms with Crippen LogP contribution >= 0.6 is 0 Å². The van der Waals surface area contributed by atoms with Crippen molar-refractivity contribution < 1.29 is 14.3 Å². The topological polar surface area (TPSA) is 87.3 Å². The Balaban J connectivity index is 1.69. The Hall–Kier alpha value is -1.89. The van der Waals surface area contributed by atoms with Crippen molar-refractivity contribution in [2.24, 2.45) is 0 Å². The van der Waals surface area contributed by atoms with Gasteiger partial charge in [0.05, 0.1) is 24.5 Å². The Kier molecular flexibility index (Phi) is 6.39. The molecule has 0 bridgehead atoms. The first-order chi connectivity index (χ1) is 10.7. The van der Waals surface area contributed by atoms with Crippen LogP contribution in [0.4, 0.5) is 0 Å². The van der Waals surface area contributed by atoms with E-state index in [4.69, 9.17) is 4.74 Å². The van der Waals surface area contributed by atoms with E-state index in [-0.39, 0.29) is 11.8 Å². The minimum absolute atomic E-state index is 0.0556. The van der Waals surface area contributed by atoms with Crippen LogP contribution in [0.25, 0.3) is 0 Å². The van der Waals surface area contributed by atoms with Crippen LogP contribution in [0.2, 0.25) is 0 Å². The maximum absolute atomic E-state index is 11.9. The van der Waals surface area contributed by atoms with Crippen molar-refractivity contribution in [1.82, 2.24) is 20.4 Å². The van der Waals surface area contributed by atoms with Gasteiger partial charge in [0.2, 0.25) is 11.8 Å². The lowest BCUT2D eigenvalue weighted by molar-refractivity contribution is -0.131. The minimum Gasteiger partial charge on any atom is -0.378 e. The van der Waals surface area contributed by atoms with Crippen molar-refractivity contribution >= 4 is 11.8 Å². The molecule has 1 aliphatic heterocycles. The molecule has 2 rings (SSSR count). The summed E-state index contributed by atoms with van der Waals surface area (Å²) < 4.78 is 4.99. The number of hydrogen-bond acceptors (Lipinski definition) is 4. The highest BCUT2D eigenvalue weighted by Crippen LogP contribution is 2.11. The number of hydrogen-bond donors (Lipinski definition) is 2. The van der Waals surface area contributed by atoms with Crippen molar-refractivity contribution in [1.29, 1.82) is 0 Å². The lowest BCUT2D eigenvalue weighted by atomic mass is 10.2. The van der Waals surface area contributed by atoms with E-state index in [2.05, 4.69) is 15.5 Å². The van der Waals surface area contributed by atoms with Crippen LogP contribution in [0.1, 0.15) is 43.5 Å². The molecule has 122 valence electrons. The fourth-order valence-electron chi connectivity index (χ4n) is 2.52. The zero-order valence-electron chi connectivity index (χ0n) is 13.1. The number of H-pyrrole nitrogens is 1. The molecule has 1 fully saturated rings. The normalized spacial score (nSPS) is 15.7. The van der Waals surface area contributed by atoms with Gasteiger partial charge in [-0.25, -0.2) is 0 Å². The molecule has 7 heteroatoms. The van der Waals surface area contributed by atoms with Gasteiger partial charge in [0, 0.05) is 33.0 Å². The average molecular weight is 308 g/mol. The number of aromatic amines is 1. The van der Waals surface area contributed by atoms with Gasteiger partial charge in [-0.1, -0.05) is 6.42 Å². The Bertz CT molecular complexity index is 501. The largest absolute Gasteiger partial charge is 0.378 e. The van der Waals surface area contributed by atoms with Crippen LogP contribution in [-0.4, -0.2) is 47.1 Å². The summed E-state index contributed by atoms with van der Waals surface area (Å²) in [6.07, 6.45) is 4.04. The number of aromatic nitrogens is 2. The molecule has 0 radical (unpaired) electrons. The van der Waals surface area contributed by atoms with E-state index in [0.29, 0.717) is 32.5 Å². The maximum atomic E-state index is 11.9. The maximum Gasteiger partial charge on any atom is 0.222 e. The molecule has 2 N–H and O–H groups in total. The van der Waals surface area contributed by atoms with Crippen LogP contribution < -0.4 is 5.32 Å². The van der Waals surface area contributed by atoms with Crippen molar-refractivity contribution in [3.05, 3.63) is 17.5 Å². The average Bonchev–Trinajstić information content (AvgIpc) is 2.85. The van der Waals surface area contributed by atoms with Gasteiger partial charge in [0.15, 0.2) is 0 Å². The van der Waals surface area contributed by atoms with E-state index in [1.54, 1.807) is 12.0 Å². The second-order valence-electron chi connectivity index (χ2n) is 5.54. The molecule has 1 aromatic heterocycles. The molecule has 0 spiro atoms. The SMILES string of the molecule is COCc1cc(CNC(=O)CCN2CCCCCC2=O)[nH]n1. The number of amides is 2. The highest BCUT2D eigenvalue weighted by atomic mass is 16.5. The van der Waals surface area contributed by atoms with Gasteiger partial charge in [-0.15, -0.1) is 0 Å². The molecule has 1 aliphatic rings. The Morgan fingerprint density at radius 1 is 1.45 bits per heavy atom. The molecule has 22 heavy (non-hydrogen) atoms. The lowest BCUT2D eigenvalue weighted by Gasteiger charge is -2.19. The van der Waals surface area contributed by atoms with Gasteiger partial charge in [-0.3, -0.25) is 14.7 Å². The van der Waals surface area contributed by atoms with Crippen molar-refractivity contribution in [2.45, 2.75) is 45.3 Å². The summed E-state index contributed by atoms with van der Waals surface area (Å²) in [5, 5.41) is 9.76. The zero-order chi connectivity index (χ0) is 15.8. The first kappa shape index (κ1) is 16.5. The number of carbonyl (C=O) groups excluding carboxylic acids is 2. The van der Waals surface area contributed by atoms with Crippen LogP contribution in [0.3, 0.4) is 0 Å². The summed E-state index contributed by atoms with van der Waals surface area (Å²) in [5.74, 6) is 0.114. The van der Waals surface area contributed by atoms with E-state index in [0.717, 1.165) is 37.2 Å². The number of nitrogens with zero attached hydrogens (tertiary/aromatic N) is 2. The standard InChI is InChI=1S/C15H24N4O3/c1-22-11-13-9-12(17-18-13)10-16-14(20)6-8-19-7-4-2-3-5-15(19)21/h9H,2-8,10-11H2,1H3,(H,16,20)(H,17,18). The van der Waals surface area contributed by atoms with Gasteiger partial charge in [0.25, 0.3) is 0 Å². The number of ether oxygens (including phenoxy) is 1. The lowest BCUT2D eigenvalue weighted by Crippen LogP contribution is -2.34. The third-order valence-electron chi connectivity index (χ3n) is 3.73. The van der Waals surface area contributed by atoms with E-state index in [9.17, 15) is 9.59 Å². The molecule has 0 saturated carbocycles. The van der Waals surface area contributed by atoms with Crippen LogP contribution in [0.15, 0.2) is 6.07 Å². The summed E-state index contributed by atoms with van der Waals surface area (Å²) in [7, 11) is 1.61. The number of methoxy groups -OCH3 is 1. The second kappa shape index (κ2) is 8.53. The molecular formula is C15H24N4O3. The Morgan fingerprint density at radius 2 is 2.32 bits per heavy atom. The predicted molar refractivity (Wildman–Crippen MR) is 80.8 cm³/mol. The summed E-state index contributed by atoms with van der Waals surface area (Å²) in [4.78, 5) is 25.5.